The molecule has 2 aromatic carbocycles. The van der Waals surface area contributed by atoms with E-state index in [1.165, 1.54) is 0 Å². The van der Waals surface area contributed by atoms with Gasteiger partial charge >= 0.3 is 0 Å². The number of rotatable bonds is 7. The molecule has 7 nitrogen and oxygen atoms in total. The minimum Gasteiger partial charge on any atom is -0.497 e. The quantitative estimate of drug-likeness (QED) is 0.478. The van der Waals surface area contributed by atoms with E-state index in [0.29, 0.717) is 29.4 Å². The van der Waals surface area contributed by atoms with Crippen LogP contribution >= 0.6 is 0 Å². The molecule has 1 N–H and O–H groups in total. The van der Waals surface area contributed by atoms with E-state index in [-0.39, 0.29) is 5.91 Å². The number of carbonyl (C=O) groups excluding carboxylic acids is 1. The predicted molar refractivity (Wildman–Crippen MR) is 122 cm³/mol. The summed E-state index contributed by atoms with van der Waals surface area (Å²) in [5, 5.41) is 7.67. The third-order valence-electron chi connectivity index (χ3n) is 5.06. The minimum atomic E-state index is -0.248. The summed E-state index contributed by atoms with van der Waals surface area (Å²) in [6, 6.07) is 20.7. The van der Waals surface area contributed by atoms with Gasteiger partial charge in [-0.2, -0.15) is 5.10 Å². The Labute approximate surface area is 186 Å². The van der Waals surface area contributed by atoms with Gasteiger partial charge in [0.2, 0.25) is 0 Å². The summed E-state index contributed by atoms with van der Waals surface area (Å²) >= 11 is 0. The van der Waals surface area contributed by atoms with Crippen LogP contribution in [0.5, 0.6) is 11.5 Å². The molecule has 0 atom stereocenters. The maximum atomic E-state index is 13.1. The highest BCUT2D eigenvalue weighted by Crippen LogP contribution is 2.33. The number of hydrogen-bond donors (Lipinski definition) is 1. The molecule has 0 unspecified atom stereocenters. The number of benzene rings is 2. The Bertz CT molecular complexity index is 1220. The molecule has 7 heteroatoms. The summed E-state index contributed by atoms with van der Waals surface area (Å²) in [5.41, 5.74) is 4.49. The molecule has 0 bridgehead atoms. The lowest BCUT2D eigenvalue weighted by Gasteiger charge is -2.09. The SMILES string of the molecule is COc1ccc(-c2cc(C(=O)NCc3ccccn3)n(-c3ccc(C)cc3)n2)c(OC)c1. The van der Waals surface area contributed by atoms with Gasteiger partial charge in [0.1, 0.15) is 17.2 Å². The van der Waals surface area contributed by atoms with Gasteiger partial charge in [0.25, 0.3) is 5.91 Å². The van der Waals surface area contributed by atoms with E-state index in [1.54, 1.807) is 37.2 Å². The Kier molecular flexibility index (Phi) is 6.17. The van der Waals surface area contributed by atoms with E-state index in [4.69, 9.17) is 14.6 Å². The number of aryl methyl sites for hydroxylation is 1. The summed E-state index contributed by atoms with van der Waals surface area (Å²) in [6.45, 7) is 2.33. The zero-order chi connectivity index (χ0) is 22.5. The van der Waals surface area contributed by atoms with Crippen molar-refractivity contribution in [1.82, 2.24) is 20.1 Å². The summed E-state index contributed by atoms with van der Waals surface area (Å²) in [7, 11) is 3.19. The van der Waals surface area contributed by atoms with Gasteiger partial charge in [-0.15, -0.1) is 0 Å². The number of hydrogen-bond acceptors (Lipinski definition) is 5. The van der Waals surface area contributed by atoms with Gasteiger partial charge in [-0.25, -0.2) is 4.68 Å². The van der Waals surface area contributed by atoms with Crippen molar-refractivity contribution in [3.05, 3.63) is 89.9 Å². The maximum absolute atomic E-state index is 13.1. The van der Waals surface area contributed by atoms with Gasteiger partial charge in [0, 0.05) is 17.8 Å². The highest BCUT2D eigenvalue weighted by molar-refractivity contribution is 5.94. The lowest BCUT2D eigenvalue weighted by molar-refractivity contribution is 0.0942. The Morgan fingerprint density at radius 2 is 1.81 bits per heavy atom. The zero-order valence-electron chi connectivity index (χ0n) is 18.2. The summed E-state index contributed by atoms with van der Waals surface area (Å²) in [6.07, 6.45) is 1.70. The van der Waals surface area contributed by atoms with Gasteiger partial charge in [0.05, 0.1) is 37.8 Å². The second-order valence-corrected chi connectivity index (χ2v) is 7.23. The highest BCUT2D eigenvalue weighted by atomic mass is 16.5. The zero-order valence-corrected chi connectivity index (χ0v) is 18.2. The van der Waals surface area contributed by atoms with E-state index < -0.39 is 0 Å². The molecule has 0 radical (unpaired) electrons. The van der Waals surface area contributed by atoms with Gasteiger partial charge in [-0.05, 0) is 49.4 Å². The molecule has 32 heavy (non-hydrogen) atoms. The van der Waals surface area contributed by atoms with Crippen LogP contribution in [-0.2, 0) is 6.54 Å². The number of carbonyl (C=O) groups is 1. The smallest absolute Gasteiger partial charge is 0.270 e. The number of aromatic nitrogens is 3. The molecule has 0 saturated carbocycles. The molecule has 4 rings (SSSR count). The molecule has 2 heterocycles. The van der Waals surface area contributed by atoms with Gasteiger partial charge in [0.15, 0.2) is 0 Å². The average Bonchev–Trinajstić information content (AvgIpc) is 3.28. The molecule has 2 aromatic heterocycles. The van der Waals surface area contributed by atoms with Gasteiger partial charge in [-0.3, -0.25) is 9.78 Å². The molecule has 162 valence electrons. The number of nitrogens with one attached hydrogen (secondary N) is 1. The Morgan fingerprint density at radius 1 is 1.00 bits per heavy atom. The number of pyridine rings is 1. The second kappa shape index (κ2) is 9.34. The van der Waals surface area contributed by atoms with Crippen LogP contribution in [-0.4, -0.2) is 34.9 Å². The van der Waals surface area contributed by atoms with Crippen LogP contribution in [0.25, 0.3) is 16.9 Å². The molecule has 4 aromatic rings. The fourth-order valence-corrected chi connectivity index (χ4v) is 3.33. The largest absolute Gasteiger partial charge is 0.497 e. The molecule has 0 saturated heterocycles. The highest BCUT2D eigenvalue weighted by Gasteiger charge is 2.20. The summed E-state index contributed by atoms with van der Waals surface area (Å²) in [5.74, 6) is 1.04. The number of nitrogens with zero attached hydrogens (tertiary/aromatic N) is 3. The average molecular weight is 428 g/mol. The van der Waals surface area contributed by atoms with Crippen LogP contribution in [0.2, 0.25) is 0 Å². The predicted octanol–water partition coefficient (Wildman–Crippen LogP) is 4.19. The first-order valence-corrected chi connectivity index (χ1v) is 10.2. The minimum absolute atomic E-state index is 0.248. The Morgan fingerprint density at radius 3 is 2.50 bits per heavy atom. The van der Waals surface area contributed by atoms with Crippen molar-refractivity contribution >= 4 is 5.91 Å². The Balaban J connectivity index is 1.73. The van der Waals surface area contributed by atoms with Gasteiger partial charge < -0.3 is 14.8 Å². The topological polar surface area (TPSA) is 78.3 Å². The molecular formula is C25H24N4O3. The monoisotopic (exact) mass is 428 g/mol. The molecule has 0 aliphatic heterocycles. The van der Waals surface area contributed by atoms with E-state index in [2.05, 4.69) is 10.3 Å². The van der Waals surface area contributed by atoms with Crippen molar-refractivity contribution in [3.63, 3.8) is 0 Å². The van der Waals surface area contributed by atoms with E-state index in [0.717, 1.165) is 22.5 Å². The van der Waals surface area contributed by atoms with Crippen LogP contribution in [0.3, 0.4) is 0 Å². The fourth-order valence-electron chi connectivity index (χ4n) is 3.33. The van der Waals surface area contributed by atoms with E-state index in [9.17, 15) is 4.79 Å². The van der Waals surface area contributed by atoms with Crippen molar-refractivity contribution in [3.8, 4) is 28.4 Å². The first-order chi connectivity index (χ1) is 15.6. The number of ether oxygens (including phenoxy) is 2. The van der Waals surface area contributed by atoms with Crippen molar-refractivity contribution in [2.24, 2.45) is 0 Å². The van der Waals surface area contributed by atoms with Crippen molar-refractivity contribution < 1.29 is 14.3 Å². The third-order valence-corrected chi connectivity index (χ3v) is 5.06. The molecule has 1 amide bonds. The Hall–Kier alpha value is -4.13. The van der Waals surface area contributed by atoms with E-state index in [1.807, 2.05) is 61.5 Å². The van der Waals surface area contributed by atoms with Crippen molar-refractivity contribution in [1.29, 1.82) is 0 Å². The summed E-state index contributed by atoms with van der Waals surface area (Å²) in [4.78, 5) is 17.4. The maximum Gasteiger partial charge on any atom is 0.270 e. The van der Waals surface area contributed by atoms with E-state index >= 15 is 0 Å². The molecule has 0 spiro atoms. The normalized spacial score (nSPS) is 10.6. The first kappa shape index (κ1) is 21.1. The lowest BCUT2D eigenvalue weighted by atomic mass is 10.1. The molecule has 0 aliphatic rings. The van der Waals surface area contributed by atoms with Crippen LogP contribution in [0.4, 0.5) is 0 Å². The second-order valence-electron chi connectivity index (χ2n) is 7.23. The van der Waals surface area contributed by atoms with Gasteiger partial charge in [-0.1, -0.05) is 23.8 Å². The molecule has 0 aliphatic carbocycles. The van der Waals surface area contributed by atoms with Crippen LogP contribution in [0.15, 0.2) is 72.9 Å². The standard InChI is InChI=1S/C25H24N4O3/c1-17-7-9-19(10-8-17)29-23(25(30)27-16-18-6-4-5-13-26-18)15-22(28-29)21-12-11-20(31-2)14-24(21)32-3/h4-15H,16H2,1-3H3,(H,27,30). The number of amides is 1. The van der Waals surface area contributed by atoms with Crippen molar-refractivity contribution in [2.45, 2.75) is 13.5 Å². The lowest BCUT2D eigenvalue weighted by Crippen LogP contribution is -2.25. The molecular weight excluding hydrogens is 404 g/mol. The fraction of sp³-hybridized carbons (Fsp3) is 0.160. The van der Waals surface area contributed by atoms with Crippen LogP contribution in [0.1, 0.15) is 21.7 Å². The first-order valence-electron chi connectivity index (χ1n) is 10.2. The molecule has 0 fully saturated rings. The van der Waals surface area contributed by atoms with Crippen LogP contribution < -0.4 is 14.8 Å². The van der Waals surface area contributed by atoms with Crippen LogP contribution in [0, 0.1) is 6.92 Å². The third kappa shape index (κ3) is 4.46. The summed E-state index contributed by atoms with van der Waals surface area (Å²) < 4.78 is 12.5. The van der Waals surface area contributed by atoms with Crippen molar-refractivity contribution in [2.75, 3.05) is 14.2 Å². The number of methoxy groups -OCH3 is 2.